The Balaban J connectivity index is 1.76. The fourth-order valence-electron chi connectivity index (χ4n) is 5.96. The number of carbonyl (C=O) groups is 3. The van der Waals surface area contributed by atoms with Crippen LogP contribution < -0.4 is 10.6 Å². The molecule has 2 amide bonds. The number of carboxylic acids is 1. The quantitative estimate of drug-likeness (QED) is 0.270. The molecule has 0 aromatic carbocycles. The van der Waals surface area contributed by atoms with E-state index in [1.54, 1.807) is 0 Å². The first kappa shape index (κ1) is 28.9. The SMILES string of the molecule is CCC1=C(C)C(=O)N/C1=C\c1[nH]c(Cc2[nH]c(/C=C3\NC(=O)C(C)=C3CC)c(C)c2CCC(=O)O)c(CC)c1C. The number of aromatic nitrogens is 2. The summed E-state index contributed by atoms with van der Waals surface area (Å²) in [6.45, 7) is 14.0. The summed E-state index contributed by atoms with van der Waals surface area (Å²) in [6.07, 6.45) is 7.36. The standard InChI is InChI=1S/C32H40N4O4/c1-8-20-16(4)24(13-27-21(9-2)18(6)31(39)35-27)33-26(20)15-29-23(11-12-30(37)38)17(5)25(34-29)14-28-22(10-3)19(7)32(40)36-28/h13-14,33-34H,8-12,15H2,1-7H3,(H,35,39)(H,36,40)(H,37,38)/b27-13-,28-14-. The number of amides is 2. The Kier molecular flexibility index (Phi) is 8.37. The van der Waals surface area contributed by atoms with E-state index < -0.39 is 5.97 Å². The van der Waals surface area contributed by atoms with Crippen molar-refractivity contribution in [3.8, 4) is 0 Å². The maximum absolute atomic E-state index is 12.3. The summed E-state index contributed by atoms with van der Waals surface area (Å²) in [5, 5.41) is 15.4. The molecule has 8 nitrogen and oxygen atoms in total. The second-order valence-corrected chi connectivity index (χ2v) is 10.6. The molecule has 0 aliphatic carbocycles. The summed E-state index contributed by atoms with van der Waals surface area (Å²) in [4.78, 5) is 43.2. The monoisotopic (exact) mass is 544 g/mol. The molecule has 2 aromatic heterocycles. The Morgan fingerprint density at radius 2 is 1.18 bits per heavy atom. The van der Waals surface area contributed by atoms with Gasteiger partial charge in [-0.15, -0.1) is 0 Å². The molecule has 0 unspecified atom stereocenters. The molecule has 0 saturated carbocycles. The fraction of sp³-hybridized carbons (Fsp3) is 0.406. The zero-order chi connectivity index (χ0) is 29.3. The Labute approximate surface area is 235 Å². The number of rotatable bonds is 10. The molecule has 0 spiro atoms. The lowest BCUT2D eigenvalue weighted by molar-refractivity contribution is -0.137. The van der Waals surface area contributed by atoms with E-state index >= 15 is 0 Å². The van der Waals surface area contributed by atoms with Crippen molar-refractivity contribution in [3.63, 3.8) is 0 Å². The average Bonchev–Trinajstić information content (AvgIpc) is 3.55. The minimum absolute atomic E-state index is 0.0323. The molecule has 40 heavy (non-hydrogen) atoms. The highest BCUT2D eigenvalue weighted by atomic mass is 16.4. The Hall–Kier alpha value is -4.07. The summed E-state index contributed by atoms with van der Waals surface area (Å²) in [6, 6.07) is 0. The van der Waals surface area contributed by atoms with Gasteiger partial charge in [0.25, 0.3) is 11.8 Å². The summed E-state index contributed by atoms with van der Waals surface area (Å²) in [5.41, 5.74) is 13.3. The molecule has 0 atom stereocenters. The number of aromatic amines is 2. The minimum Gasteiger partial charge on any atom is -0.481 e. The van der Waals surface area contributed by atoms with Gasteiger partial charge in [-0.05, 0) is 98.9 Å². The van der Waals surface area contributed by atoms with Crippen LogP contribution in [0.2, 0.25) is 0 Å². The third kappa shape index (κ3) is 5.35. The summed E-state index contributed by atoms with van der Waals surface area (Å²) >= 11 is 0. The van der Waals surface area contributed by atoms with E-state index in [1.165, 1.54) is 5.56 Å². The molecule has 0 radical (unpaired) electrons. The molecular weight excluding hydrogens is 504 g/mol. The molecular formula is C32H40N4O4. The van der Waals surface area contributed by atoms with Crippen molar-refractivity contribution < 1.29 is 19.5 Å². The van der Waals surface area contributed by atoms with Crippen molar-refractivity contribution in [2.24, 2.45) is 0 Å². The van der Waals surface area contributed by atoms with Crippen molar-refractivity contribution >= 4 is 29.9 Å². The maximum atomic E-state index is 12.3. The molecule has 0 bridgehead atoms. The Morgan fingerprint density at radius 1 is 0.725 bits per heavy atom. The number of aliphatic carboxylic acids is 1. The van der Waals surface area contributed by atoms with Crippen LogP contribution in [0.5, 0.6) is 0 Å². The second-order valence-electron chi connectivity index (χ2n) is 10.6. The molecule has 5 N–H and O–H groups in total. The number of H-pyrrole nitrogens is 2. The molecule has 0 fully saturated rings. The highest BCUT2D eigenvalue weighted by molar-refractivity contribution is 6.01. The van der Waals surface area contributed by atoms with Gasteiger partial charge in [-0.25, -0.2) is 0 Å². The molecule has 2 aromatic rings. The van der Waals surface area contributed by atoms with Gasteiger partial charge in [-0.1, -0.05) is 20.8 Å². The van der Waals surface area contributed by atoms with Crippen molar-refractivity contribution in [2.75, 3.05) is 0 Å². The number of nitrogens with one attached hydrogen (secondary N) is 4. The highest BCUT2D eigenvalue weighted by Gasteiger charge is 2.25. The first-order valence-electron chi connectivity index (χ1n) is 14.1. The van der Waals surface area contributed by atoms with Crippen LogP contribution >= 0.6 is 0 Å². The summed E-state index contributed by atoms with van der Waals surface area (Å²) < 4.78 is 0. The third-order valence-corrected chi connectivity index (χ3v) is 8.33. The maximum Gasteiger partial charge on any atom is 0.303 e. The van der Waals surface area contributed by atoms with Gasteiger partial charge in [-0.3, -0.25) is 14.4 Å². The van der Waals surface area contributed by atoms with Crippen LogP contribution in [0.15, 0.2) is 33.7 Å². The van der Waals surface area contributed by atoms with Crippen molar-refractivity contribution in [1.29, 1.82) is 0 Å². The predicted molar refractivity (Wildman–Crippen MR) is 157 cm³/mol. The lowest BCUT2D eigenvalue weighted by Crippen LogP contribution is -2.15. The van der Waals surface area contributed by atoms with Crippen LogP contribution in [-0.2, 0) is 33.6 Å². The second kappa shape index (κ2) is 11.6. The largest absolute Gasteiger partial charge is 0.481 e. The first-order chi connectivity index (χ1) is 19.0. The van der Waals surface area contributed by atoms with Gasteiger partial charge in [0.2, 0.25) is 0 Å². The molecule has 2 aliphatic heterocycles. The summed E-state index contributed by atoms with van der Waals surface area (Å²) in [7, 11) is 0. The Morgan fingerprint density at radius 3 is 1.60 bits per heavy atom. The number of carboxylic acid groups (broad SMARTS) is 1. The van der Waals surface area contributed by atoms with Gasteiger partial charge in [0.1, 0.15) is 0 Å². The van der Waals surface area contributed by atoms with Crippen LogP contribution in [0.1, 0.15) is 98.9 Å². The third-order valence-electron chi connectivity index (χ3n) is 8.33. The van der Waals surface area contributed by atoms with Crippen LogP contribution in [0.25, 0.3) is 12.2 Å². The lowest BCUT2D eigenvalue weighted by atomic mass is 9.99. The van der Waals surface area contributed by atoms with Gasteiger partial charge < -0.3 is 25.7 Å². The zero-order valence-electron chi connectivity index (χ0n) is 24.6. The van der Waals surface area contributed by atoms with E-state index in [2.05, 4.69) is 34.4 Å². The van der Waals surface area contributed by atoms with Crippen molar-refractivity contribution in [3.05, 3.63) is 78.7 Å². The molecule has 8 heteroatoms. The van der Waals surface area contributed by atoms with Crippen LogP contribution in [0, 0.1) is 13.8 Å². The topological polar surface area (TPSA) is 127 Å². The molecule has 4 rings (SSSR count). The summed E-state index contributed by atoms with van der Waals surface area (Å²) in [5.74, 6) is -0.970. The Bertz CT molecular complexity index is 1520. The highest BCUT2D eigenvalue weighted by Crippen LogP contribution is 2.32. The van der Waals surface area contributed by atoms with Gasteiger partial charge in [0.15, 0.2) is 0 Å². The molecule has 212 valence electrons. The molecule has 4 heterocycles. The molecule has 0 saturated heterocycles. The smallest absolute Gasteiger partial charge is 0.303 e. The van der Waals surface area contributed by atoms with E-state index in [0.29, 0.717) is 12.8 Å². The van der Waals surface area contributed by atoms with Crippen LogP contribution in [0.4, 0.5) is 0 Å². The average molecular weight is 545 g/mol. The van der Waals surface area contributed by atoms with Crippen molar-refractivity contribution in [1.82, 2.24) is 20.6 Å². The number of allylic oxidation sites excluding steroid dienone is 2. The van der Waals surface area contributed by atoms with Crippen LogP contribution in [-0.4, -0.2) is 32.9 Å². The van der Waals surface area contributed by atoms with E-state index in [1.807, 2.05) is 46.8 Å². The molecule has 2 aliphatic rings. The number of carbonyl (C=O) groups excluding carboxylic acids is 2. The first-order valence-corrected chi connectivity index (χ1v) is 14.1. The number of hydrogen-bond donors (Lipinski definition) is 5. The van der Waals surface area contributed by atoms with Gasteiger partial charge in [-0.2, -0.15) is 0 Å². The van der Waals surface area contributed by atoms with E-state index in [9.17, 15) is 19.5 Å². The van der Waals surface area contributed by atoms with Crippen molar-refractivity contribution in [2.45, 2.75) is 87.0 Å². The van der Waals surface area contributed by atoms with E-state index in [4.69, 9.17) is 0 Å². The minimum atomic E-state index is -0.839. The van der Waals surface area contributed by atoms with Gasteiger partial charge in [0.05, 0.1) is 0 Å². The fourth-order valence-corrected chi connectivity index (χ4v) is 5.96. The number of hydrogen-bond acceptors (Lipinski definition) is 3. The van der Waals surface area contributed by atoms with E-state index in [0.717, 1.165) is 92.4 Å². The van der Waals surface area contributed by atoms with Gasteiger partial charge >= 0.3 is 5.97 Å². The van der Waals surface area contributed by atoms with Gasteiger partial charge in [0, 0.05) is 58.2 Å². The van der Waals surface area contributed by atoms with Crippen LogP contribution in [0.3, 0.4) is 0 Å². The predicted octanol–water partition coefficient (Wildman–Crippen LogP) is 5.52. The zero-order valence-corrected chi connectivity index (χ0v) is 24.6. The normalized spacial score (nSPS) is 17.6. The lowest BCUT2D eigenvalue weighted by Gasteiger charge is -2.06. The van der Waals surface area contributed by atoms with E-state index in [-0.39, 0.29) is 18.2 Å².